The van der Waals surface area contributed by atoms with Crippen LogP contribution in [0.2, 0.25) is 5.02 Å². The number of hydrogen-bond donors (Lipinski definition) is 1. The Bertz CT molecular complexity index is 492. The molecule has 1 aliphatic rings. The number of rotatable bonds is 4. The first-order valence-corrected chi connectivity index (χ1v) is 8.13. The lowest BCUT2D eigenvalue weighted by molar-refractivity contribution is 0.253. The maximum atomic E-state index is 6.31. The summed E-state index contributed by atoms with van der Waals surface area (Å²) in [5.74, 6) is 1.31. The number of anilines is 1. The molecule has 0 spiro atoms. The van der Waals surface area contributed by atoms with Crippen molar-refractivity contribution in [2.45, 2.75) is 45.7 Å². The molecule has 1 aliphatic heterocycles. The first-order chi connectivity index (χ1) is 9.90. The Labute approximate surface area is 133 Å². The van der Waals surface area contributed by atoms with Crippen molar-refractivity contribution in [3.63, 3.8) is 0 Å². The Morgan fingerprint density at radius 2 is 2.19 bits per heavy atom. The summed E-state index contributed by atoms with van der Waals surface area (Å²) in [6.45, 7) is 11.1. The van der Waals surface area contributed by atoms with E-state index in [-0.39, 0.29) is 5.54 Å². The number of hydrogen-bond acceptors (Lipinski definition) is 3. The smallest absolute Gasteiger partial charge is 0.137 e. The van der Waals surface area contributed by atoms with Gasteiger partial charge in [-0.15, -0.1) is 0 Å². The molecule has 2 rings (SSSR count). The maximum absolute atomic E-state index is 6.31. The summed E-state index contributed by atoms with van der Waals surface area (Å²) in [6.07, 6.45) is 1.11. The SMILES string of the molecule is CCC1(C)CN(c2ccc(OC)c(Cl)c2)C(C(C)C)CN1. The normalized spacial score (nSPS) is 26.2. The van der Waals surface area contributed by atoms with Gasteiger partial charge in [0.1, 0.15) is 5.75 Å². The minimum Gasteiger partial charge on any atom is -0.495 e. The van der Waals surface area contributed by atoms with E-state index >= 15 is 0 Å². The highest BCUT2D eigenvalue weighted by molar-refractivity contribution is 6.32. The monoisotopic (exact) mass is 310 g/mol. The van der Waals surface area contributed by atoms with Gasteiger partial charge in [0.25, 0.3) is 0 Å². The average Bonchev–Trinajstić information content (AvgIpc) is 2.46. The van der Waals surface area contributed by atoms with E-state index in [0.717, 1.165) is 25.3 Å². The zero-order valence-electron chi connectivity index (χ0n) is 13.7. The summed E-state index contributed by atoms with van der Waals surface area (Å²) in [7, 11) is 1.65. The van der Waals surface area contributed by atoms with Crippen LogP contribution in [0, 0.1) is 5.92 Å². The van der Waals surface area contributed by atoms with Gasteiger partial charge in [-0.2, -0.15) is 0 Å². The third-order valence-corrected chi connectivity index (χ3v) is 4.97. The highest BCUT2D eigenvalue weighted by Crippen LogP contribution is 2.33. The molecule has 1 aromatic carbocycles. The van der Waals surface area contributed by atoms with Gasteiger partial charge in [-0.3, -0.25) is 0 Å². The number of methoxy groups -OCH3 is 1. The second kappa shape index (κ2) is 6.45. The Morgan fingerprint density at radius 1 is 1.48 bits per heavy atom. The summed E-state index contributed by atoms with van der Waals surface area (Å²) in [6, 6.07) is 6.58. The molecule has 0 saturated carbocycles. The molecule has 1 fully saturated rings. The number of halogens is 1. The molecular formula is C17H27ClN2O. The van der Waals surface area contributed by atoms with Crippen molar-refractivity contribution in [2.24, 2.45) is 5.92 Å². The minimum absolute atomic E-state index is 0.151. The van der Waals surface area contributed by atoms with Gasteiger partial charge >= 0.3 is 0 Å². The molecule has 0 aliphatic carbocycles. The van der Waals surface area contributed by atoms with Crippen molar-refractivity contribution in [1.29, 1.82) is 0 Å². The number of nitrogens with one attached hydrogen (secondary N) is 1. The fraction of sp³-hybridized carbons (Fsp3) is 0.647. The highest BCUT2D eigenvalue weighted by atomic mass is 35.5. The molecule has 3 nitrogen and oxygen atoms in total. The van der Waals surface area contributed by atoms with E-state index in [1.807, 2.05) is 12.1 Å². The Balaban J connectivity index is 2.33. The van der Waals surface area contributed by atoms with Crippen LogP contribution in [0.15, 0.2) is 18.2 Å². The molecule has 1 heterocycles. The van der Waals surface area contributed by atoms with Gasteiger partial charge < -0.3 is 15.0 Å². The molecule has 0 amide bonds. The zero-order valence-corrected chi connectivity index (χ0v) is 14.5. The first-order valence-electron chi connectivity index (χ1n) is 7.75. The van der Waals surface area contributed by atoms with Gasteiger partial charge in [-0.1, -0.05) is 32.4 Å². The van der Waals surface area contributed by atoms with Crippen LogP contribution in [0.25, 0.3) is 0 Å². The summed E-state index contributed by atoms with van der Waals surface area (Å²) in [4.78, 5) is 2.50. The van der Waals surface area contributed by atoms with Crippen LogP contribution < -0.4 is 15.0 Å². The summed E-state index contributed by atoms with van der Waals surface area (Å²) >= 11 is 6.31. The quantitative estimate of drug-likeness (QED) is 0.911. The average molecular weight is 311 g/mol. The van der Waals surface area contributed by atoms with Crippen LogP contribution in [-0.4, -0.2) is 31.8 Å². The predicted octanol–water partition coefficient (Wildman–Crippen LogP) is 3.95. The van der Waals surface area contributed by atoms with Crippen molar-refractivity contribution >= 4 is 17.3 Å². The van der Waals surface area contributed by atoms with Gasteiger partial charge in [0, 0.05) is 30.4 Å². The van der Waals surface area contributed by atoms with Crippen molar-refractivity contribution < 1.29 is 4.74 Å². The van der Waals surface area contributed by atoms with Crippen molar-refractivity contribution in [3.05, 3.63) is 23.2 Å². The van der Waals surface area contributed by atoms with E-state index in [9.17, 15) is 0 Å². The second-order valence-electron chi connectivity index (χ2n) is 6.55. The lowest BCUT2D eigenvalue weighted by Crippen LogP contribution is -2.64. The lowest BCUT2D eigenvalue weighted by atomic mass is 9.89. The van der Waals surface area contributed by atoms with Crippen LogP contribution in [0.5, 0.6) is 5.75 Å². The fourth-order valence-corrected chi connectivity index (χ4v) is 3.21. The second-order valence-corrected chi connectivity index (χ2v) is 6.96. The van der Waals surface area contributed by atoms with Crippen LogP contribution in [-0.2, 0) is 0 Å². The maximum Gasteiger partial charge on any atom is 0.137 e. The van der Waals surface area contributed by atoms with Gasteiger partial charge in [-0.25, -0.2) is 0 Å². The molecule has 1 saturated heterocycles. The van der Waals surface area contributed by atoms with Gasteiger partial charge in [0.15, 0.2) is 0 Å². The summed E-state index contributed by atoms with van der Waals surface area (Å²) < 4.78 is 5.26. The van der Waals surface area contributed by atoms with Gasteiger partial charge in [-0.05, 0) is 37.5 Å². The number of ether oxygens (including phenoxy) is 1. The number of piperazine rings is 1. The van der Waals surface area contributed by atoms with Gasteiger partial charge in [0.05, 0.1) is 12.1 Å². The zero-order chi connectivity index (χ0) is 15.6. The molecule has 2 atom stereocenters. The molecule has 0 radical (unpaired) electrons. The van der Waals surface area contributed by atoms with Crippen molar-refractivity contribution in [2.75, 3.05) is 25.1 Å². The van der Waals surface area contributed by atoms with E-state index in [4.69, 9.17) is 16.3 Å². The van der Waals surface area contributed by atoms with E-state index < -0.39 is 0 Å². The molecule has 118 valence electrons. The molecule has 0 bridgehead atoms. The topological polar surface area (TPSA) is 24.5 Å². The Hall–Kier alpha value is -0.930. The molecule has 21 heavy (non-hydrogen) atoms. The molecule has 4 heteroatoms. The van der Waals surface area contributed by atoms with E-state index in [2.05, 4.69) is 44.0 Å². The largest absolute Gasteiger partial charge is 0.495 e. The molecule has 0 aromatic heterocycles. The number of benzene rings is 1. The Kier molecular flexibility index (Phi) is 5.05. The number of nitrogens with zero attached hydrogens (tertiary/aromatic N) is 1. The minimum atomic E-state index is 0.151. The first kappa shape index (κ1) is 16.4. The van der Waals surface area contributed by atoms with Crippen LogP contribution in [0.4, 0.5) is 5.69 Å². The van der Waals surface area contributed by atoms with E-state index in [0.29, 0.717) is 17.0 Å². The van der Waals surface area contributed by atoms with Crippen molar-refractivity contribution in [3.8, 4) is 5.75 Å². The molecule has 2 unspecified atom stereocenters. The molecule has 1 aromatic rings. The fourth-order valence-electron chi connectivity index (χ4n) is 2.96. The van der Waals surface area contributed by atoms with Crippen LogP contribution in [0.3, 0.4) is 0 Å². The lowest BCUT2D eigenvalue weighted by Gasteiger charge is -2.48. The molecule has 1 N–H and O–H groups in total. The van der Waals surface area contributed by atoms with Gasteiger partial charge in [0.2, 0.25) is 0 Å². The highest BCUT2D eigenvalue weighted by Gasteiger charge is 2.36. The van der Waals surface area contributed by atoms with E-state index in [1.54, 1.807) is 7.11 Å². The van der Waals surface area contributed by atoms with E-state index in [1.165, 1.54) is 5.69 Å². The third-order valence-electron chi connectivity index (χ3n) is 4.67. The Morgan fingerprint density at radius 3 is 2.71 bits per heavy atom. The summed E-state index contributed by atoms with van der Waals surface area (Å²) in [5, 5.41) is 4.39. The van der Waals surface area contributed by atoms with Crippen molar-refractivity contribution in [1.82, 2.24) is 5.32 Å². The summed E-state index contributed by atoms with van der Waals surface area (Å²) in [5.41, 5.74) is 1.33. The molecular weight excluding hydrogens is 284 g/mol. The van der Waals surface area contributed by atoms with Crippen LogP contribution >= 0.6 is 11.6 Å². The van der Waals surface area contributed by atoms with Crippen LogP contribution in [0.1, 0.15) is 34.1 Å². The standard InChI is InChI=1S/C17H27ClN2O/c1-6-17(4)11-20(15(10-19-17)12(2)3)13-7-8-16(21-5)14(18)9-13/h7-9,12,15,19H,6,10-11H2,1-5H3. The predicted molar refractivity (Wildman–Crippen MR) is 90.7 cm³/mol. The third kappa shape index (κ3) is 3.46.